The van der Waals surface area contributed by atoms with Crippen molar-refractivity contribution in [2.75, 3.05) is 20.1 Å². The van der Waals surface area contributed by atoms with Crippen LogP contribution in [0.5, 0.6) is 0 Å². The number of likely N-dealkylation sites (N-methyl/N-ethyl adjacent to an activating group) is 1. The number of likely N-dealkylation sites (tertiary alicyclic amines) is 1. The van der Waals surface area contributed by atoms with Gasteiger partial charge in [-0.25, -0.2) is 0 Å². The van der Waals surface area contributed by atoms with Gasteiger partial charge in [0.2, 0.25) is 0 Å². The van der Waals surface area contributed by atoms with Crippen LogP contribution in [0.25, 0.3) is 0 Å². The average molecular weight is 288 g/mol. The third kappa shape index (κ3) is 4.31. The Labute approximate surface area is 130 Å². The summed E-state index contributed by atoms with van der Waals surface area (Å²) >= 11 is 0. The van der Waals surface area contributed by atoms with Crippen molar-refractivity contribution in [3.63, 3.8) is 0 Å². The Balaban J connectivity index is 2.20. The molecule has 0 bridgehead atoms. The van der Waals surface area contributed by atoms with Crippen molar-refractivity contribution < 1.29 is 0 Å². The monoisotopic (exact) mass is 288 g/mol. The quantitative estimate of drug-likeness (QED) is 0.878. The molecule has 1 heterocycles. The predicted octanol–water partition coefficient (Wildman–Crippen LogP) is 4.09. The van der Waals surface area contributed by atoms with Gasteiger partial charge in [-0.1, -0.05) is 51.1 Å². The predicted molar refractivity (Wildman–Crippen MR) is 91.5 cm³/mol. The number of rotatable bonds is 5. The fourth-order valence-electron chi connectivity index (χ4n) is 3.80. The van der Waals surface area contributed by atoms with E-state index in [1.165, 1.54) is 37.9 Å². The van der Waals surface area contributed by atoms with Crippen LogP contribution in [0.1, 0.15) is 51.6 Å². The molecule has 1 N–H and O–H groups in total. The van der Waals surface area contributed by atoms with Crippen LogP contribution in [0, 0.1) is 11.8 Å². The SMILES string of the molecule is CNC(c1ccccc1)C(C(C)C)N1CCCC(C)CC1. The van der Waals surface area contributed by atoms with Gasteiger partial charge in [0, 0.05) is 12.1 Å². The maximum Gasteiger partial charge on any atom is 0.0478 e. The molecule has 0 radical (unpaired) electrons. The first-order valence-corrected chi connectivity index (χ1v) is 8.59. The fraction of sp³-hybridized carbons (Fsp3) is 0.684. The van der Waals surface area contributed by atoms with Gasteiger partial charge < -0.3 is 5.32 Å². The Kier molecular flexibility index (Phi) is 6.25. The molecule has 0 spiro atoms. The summed E-state index contributed by atoms with van der Waals surface area (Å²) in [6.45, 7) is 9.63. The highest BCUT2D eigenvalue weighted by Crippen LogP contribution is 2.29. The van der Waals surface area contributed by atoms with E-state index in [2.05, 4.69) is 68.4 Å². The highest BCUT2D eigenvalue weighted by atomic mass is 15.2. The molecule has 1 saturated heterocycles. The molecule has 3 atom stereocenters. The normalized spacial score (nSPS) is 23.8. The van der Waals surface area contributed by atoms with Crippen LogP contribution >= 0.6 is 0 Å². The van der Waals surface area contributed by atoms with Crippen molar-refractivity contribution in [2.24, 2.45) is 11.8 Å². The third-order valence-corrected chi connectivity index (χ3v) is 4.97. The number of nitrogens with zero attached hydrogens (tertiary/aromatic N) is 1. The Morgan fingerprint density at radius 1 is 1.10 bits per heavy atom. The summed E-state index contributed by atoms with van der Waals surface area (Å²) in [5.41, 5.74) is 1.41. The number of hydrogen-bond acceptors (Lipinski definition) is 2. The van der Waals surface area contributed by atoms with Gasteiger partial charge >= 0.3 is 0 Å². The van der Waals surface area contributed by atoms with E-state index in [4.69, 9.17) is 0 Å². The van der Waals surface area contributed by atoms with Gasteiger partial charge in [-0.2, -0.15) is 0 Å². The molecule has 0 saturated carbocycles. The molecule has 1 aromatic rings. The van der Waals surface area contributed by atoms with Crippen LogP contribution in [-0.4, -0.2) is 31.1 Å². The Morgan fingerprint density at radius 3 is 2.43 bits per heavy atom. The average Bonchev–Trinajstić information content (AvgIpc) is 2.70. The minimum Gasteiger partial charge on any atom is -0.312 e. The summed E-state index contributed by atoms with van der Waals surface area (Å²) in [5.74, 6) is 1.53. The first-order valence-electron chi connectivity index (χ1n) is 8.59. The van der Waals surface area contributed by atoms with Crippen LogP contribution in [0.15, 0.2) is 30.3 Å². The molecule has 3 unspecified atom stereocenters. The van der Waals surface area contributed by atoms with Gasteiger partial charge in [0.05, 0.1) is 0 Å². The lowest BCUT2D eigenvalue weighted by atomic mass is 9.89. The van der Waals surface area contributed by atoms with E-state index in [1.54, 1.807) is 0 Å². The lowest BCUT2D eigenvalue weighted by Crippen LogP contribution is -2.47. The summed E-state index contributed by atoms with van der Waals surface area (Å²) in [4.78, 5) is 2.74. The van der Waals surface area contributed by atoms with E-state index in [0.29, 0.717) is 18.0 Å². The van der Waals surface area contributed by atoms with Crippen molar-refractivity contribution in [1.29, 1.82) is 0 Å². The fourth-order valence-corrected chi connectivity index (χ4v) is 3.80. The van der Waals surface area contributed by atoms with Crippen molar-refractivity contribution in [2.45, 2.75) is 52.1 Å². The Morgan fingerprint density at radius 2 is 1.81 bits per heavy atom. The molecular weight excluding hydrogens is 256 g/mol. The van der Waals surface area contributed by atoms with Crippen molar-refractivity contribution in [1.82, 2.24) is 10.2 Å². The highest BCUT2D eigenvalue weighted by Gasteiger charge is 2.31. The Bertz CT molecular complexity index is 401. The van der Waals surface area contributed by atoms with Crippen molar-refractivity contribution in [3.05, 3.63) is 35.9 Å². The molecule has 21 heavy (non-hydrogen) atoms. The molecule has 0 aromatic heterocycles. The second kappa shape index (κ2) is 7.95. The van der Waals surface area contributed by atoms with Crippen LogP contribution < -0.4 is 5.32 Å². The van der Waals surface area contributed by atoms with Gasteiger partial charge in [0.15, 0.2) is 0 Å². The first-order chi connectivity index (χ1) is 10.1. The minimum absolute atomic E-state index is 0.416. The third-order valence-electron chi connectivity index (χ3n) is 4.97. The number of nitrogens with one attached hydrogen (secondary N) is 1. The minimum atomic E-state index is 0.416. The van der Waals surface area contributed by atoms with Crippen LogP contribution in [0.4, 0.5) is 0 Å². The van der Waals surface area contributed by atoms with Crippen LogP contribution in [-0.2, 0) is 0 Å². The molecule has 2 nitrogen and oxygen atoms in total. The van der Waals surface area contributed by atoms with E-state index < -0.39 is 0 Å². The van der Waals surface area contributed by atoms with E-state index in [1.807, 2.05) is 0 Å². The second-order valence-electron chi connectivity index (χ2n) is 6.98. The number of benzene rings is 1. The maximum absolute atomic E-state index is 3.59. The maximum atomic E-state index is 3.59. The molecule has 118 valence electrons. The molecule has 1 aromatic carbocycles. The van der Waals surface area contributed by atoms with E-state index in [9.17, 15) is 0 Å². The molecule has 2 rings (SSSR count). The molecular formula is C19H32N2. The standard InChI is InChI=1S/C19H32N2/c1-15(2)19(21-13-8-9-16(3)12-14-21)18(20-4)17-10-6-5-7-11-17/h5-7,10-11,15-16,18-20H,8-9,12-14H2,1-4H3. The zero-order valence-corrected chi connectivity index (χ0v) is 14.2. The molecule has 0 amide bonds. The second-order valence-corrected chi connectivity index (χ2v) is 6.98. The van der Waals surface area contributed by atoms with Crippen molar-refractivity contribution in [3.8, 4) is 0 Å². The van der Waals surface area contributed by atoms with Gasteiger partial charge in [-0.15, -0.1) is 0 Å². The lowest BCUT2D eigenvalue weighted by Gasteiger charge is -2.39. The molecule has 1 aliphatic heterocycles. The van der Waals surface area contributed by atoms with Crippen molar-refractivity contribution >= 4 is 0 Å². The lowest BCUT2D eigenvalue weighted by molar-refractivity contribution is 0.123. The summed E-state index contributed by atoms with van der Waals surface area (Å²) in [7, 11) is 2.10. The zero-order chi connectivity index (χ0) is 15.2. The first kappa shape index (κ1) is 16.5. The van der Waals surface area contributed by atoms with E-state index in [0.717, 1.165) is 5.92 Å². The molecule has 1 aliphatic rings. The highest BCUT2D eigenvalue weighted by molar-refractivity contribution is 5.21. The topological polar surface area (TPSA) is 15.3 Å². The van der Waals surface area contributed by atoms with Gasteiger partial charge in [-0.05, 0) is 56.8 Å². The van der Waals surface area contributed by atoms with E-state index >= 15 is 0 Å². The van der Waals surface area contributed by atoms with Crippen LogP contribution in [0.2, 0.25) is 0 Å². The summed E-state index contributed by atoms with van der Waals surface area (Å²) in [5, 5.41) is 3.59. The van der Waals surface area contributed by atoms with Gasteiger partial charge in [0.25, 0.3) is 0 Å². The molecule has 2 heteroatoms. The molecule has 1 fully saturated rings. The number of hydrogen-bond donors (Lipinski definition) is 1. The van der Waals surface area contributed by atoms with Crippen LogP contribution in [0.3, 0.4) is 0 Å². The summed E-state index contributed by atoms with van der Waals surface area (Å²) in [6, 6.07) is 11.9. The summed E-state index contributed by atoms with van der Waals surface area (Å²) in [6.07, 6.45) is 4.07. The summed E-state index contributed by atoms with van der Waals surface area (Å²) < 4.78 is 0. The smallest absolute Gasteiger partial charge is 0.0478 e. The Hall–Kier alpha value is -0.860. The van der Waals surface area contributed by atoms with Gasteiger partial charge in [0.1, 0.15) is 0 Å². The van der Waals surface area contributed by atoms with Gasteiger partial charge in [-0.3, -0.25) is 4.90 Å². The zero-order valence-electron chi connectivity index (χ0n) is 14.2. The van der Waals surface area contributed by atoms with E-state index in [-0.39, 0.29) is 0 Å². The largest absolute Gasteiger partial charge is 0.312 e. The molecule has 0 aliphatic carbocycles.